The molecule has 2 N–H and O–H groups in total. The molecule has 0 saturated heterocycles. The van der Waals surface area contributed by atoms with Crippen LogP contribution >= 0.6 is 0 Å². The lowest BCUT2D eigenvalue weighted by molar-refractivity contribution is -0.137. The van der Waals surface area contributed by atoms with Gasteiger partial charge in [0.05, 0.1) is 11.6 Å². The van der Waals surface area contributed by atoms with E-state index in [1.165, 1.54) is 0 Å². The van der Waals surface area contributed by atoms with Crippen LogP contribution in [0.3, 0.4) is 0 Å². The van der Waals surface area contributed by atoms with Crippen LogP contribution in [0.1, 0.15) is 36.8 Å². The fraction of sp³-hybridized carbons (Fsp3) is 0.429. The first kappa shape index (κ1) is 14.2. The van der Waals surface area contributed by atoms with Crippen LogP contribution in [0.5, 0.6) is 0 Å². The summed E-state index contributed by atoms with van der Waals surface area (Å²) in [6.07, 6.45) is 2.90. The highest BCUT2D eigenvalue weighted by molar-refractivity contribution is 5.66. The van der Waals surface area contributed by atoms with Crippen molar-refractivity contribution in [2.75, 3.05) is 6.54 Å². The van der Waals surface area contributed by atoms with Crippen molar-refractivity contribution in [3.05, 3.63) is 35.4 Å². The molecule has 96 valence electrons. The zero-order valence-corrected chi connectivity index (χ0v) is 10.4. The van der Waals surface area contributed by atoms with Crippen LogP contribution in [-0.2, 0) is 11.3 Å². The van der Waals surface area contributed by atoms with Gasteiger partial charge in [-0.2, -0.15) is 5.26 Å². The SMILES string of the molecule is N#Cc1cccc(CNCCCCCC(=O)O)c1. The van der Waals surface area contributed by atoms with Crippen molar-refractivity contribution in [3.8, 4) is 6.07 Å². The Hall–Kier alpha value is -1.86. The number of unbranched alkanes of at least 4 members (excludes halogenated alkanes) is 2. The Bertz CT molecular complexity index is 424. The molecule has 4 nitrogen and oxygen atoms in total. The number of hydrogen-bond acceptors (Lipinski definition) is 3. The number of nitriles is 1. The van der Waals surface area contributed by atoms with Crippen molar-refractivity contribution in [2.24, 2.45) is 0 Å². The molecule has 0 aliphatic rings. The molecular formula is C14H18N2O2. The van der Waals surface area contributed by atoms with Crippen LogP contribution < -0.4 is 5.32 Å². The topological polar surface area (TPSA) is 73.1 Å². The van der Waals surface area contributed by atoms with Crippen LogP contribution in [-0.4, -0.2) is 17.6 Å². The maximum absolute atomic E-state index is 10.3. The maximum Gasteiger partial charge on any atom is 0.303 e. The van der Waals surface area contributed by atoms with Gasteiger partial charge in [-0.3, -0.25) is 4.79 Å². The molecule has 0 aliphatic carbocycles. The average molecular weight is 246 g/mol. The fourth-order valence-electron chi connectivity index (χ4n) is 1.69. The summed E-state index contributed by atoms with van der Waals surface area (Å²) >= 11 is 0. The Kier molecular flexibility index (Phi) is 6.52. The lowest BCUT2D eigenvalue weighted by Gasteiger charge is -2.04. The summed E-state index contributed by atoms with van der Waals surface area (Å²) in [6.45, 7) is 1.62. The molecular weight excluding hydrogens is 228 g/mol. The smallest absolute Gasteiger partial charge is 0.303 e. The van der Waals surface area contributed by atoms with Crippen molar-refractivity contribution < 1.29 is 9.90 Å². The molecule has 0 unspecified atom stereocenters. The van der Waals surface area contributed by atoms with Gasteiger partial charge in [0.25, 0.3) is 0 Å². The molecule has 4 heteroatoms. The number of carboxylic acids is 1. The Morgan fingerprint density at radius 3 is 2.89 bits per heavy atom. The van der Waals surface area contributed by atoms with Gasteiger partial charge in [0.1, 0.15) is 0 Å². The first-order chi connectivity index (χ1) is 8.72. The largest absolute Gasteiger partial charge is 0.481 e. The molecule has 0 heterocycles. The average Bonchev–Trinajstić information content (AvgIpc) is 2.37. The molecule has 0 atom stereocenters. The van der Waals surface area contributed by atoms with E-state index in [2.05, 4.69) is 11.4 Å². The van der Waals surface area contributed by atoms with Crippen LogP contribution in [0.25, 0.3) is 0 Å². The van der Waals surface area contributed by atoms with Gasteiger partial charge in [-0.25, -0.2) is 0 Å². The molecule has 0 aromatic heterocycles. The predicted molar refractivity (Wildman–Crippen MR) is 69.0 cm³/mol. The first-order valence-corrected chi connectivity index (χ1v) is 6.14. The summed E-state index contributed by atoms with van der Waals surface area (Å²) in [5.74, 6) is -0.726. The number of rotatable bonds is 8. The van der Waals surface area contributed by atoms with E-state index in [9.17, 15) is 4.79 Å². The summed E-state index contributed by atoms with van der Waals surface area (Å²) in [4.78, 5) is 10.3. The number of carboxylic acid groups (broad SMARTS) is 1. The summed E-state index contributed by atoms with van der Waals surface area (Å²) < 4.78 is 0. The highest BCUT2D eigenvalue weighted by Crippen LogP contribution is 2.04. The van der Waals surface area contributed by atoms with E-state index >= 15 is 0 Å². The van der Waals surface area contributed by atoms with Crippen molar-refractivity contribution >= 4 is 5.97 Å². The Morgan fingerprint density at radius 1 is 1.33 bits per heavy atom. The van der Waals surface area contributed by atoms with Crippen molar-refractivity contribution in [1.82, 2.24) is 5.32 Å². The van der Waals surface area contributed by atoms with Gasteiger partial charge in [-0.15, -0.1) is 0 Å². The van der Waals surface area contributed by atoms with E-state index in [-0.39, 0.29) is 6.42 Å². The molecule has 0 radical (unpaired) electrons. The van der Waals surface area contributed by atoms with Crippen LogP contribution in [0.15, 0.2) is 24.3 Å². The quantitative estimate of drug-likeness (QED) is 0.690. The Morgan fingerprint density at radius 2 is 2.17 bits per heavy atom. The number of carbonyl (C=O) groups is 1. The normalized spacial score (nSPS) is 9.94. The molecule has 18 heavy (non-hydrogen) atoms. The van der Waals surface area contributed by atoms with Gasteiger partial charge >= 0.3 is 5.97 Å². The molecule has 1 rings (SSSR count). The van der Waals surface area contributed by atoms with Gasteiger partial charge in [0.2, 0.25) is 0 Å². The molecule has 0 saturated carbocycles. The van der Waals surface area contributed by atoms with Crippen molar-refractivity contribution in [3.63, 3.8) is 0 Å². The second-order valence-corrected chi connectivity index (χ2v) is 4.19. The number of nitrogens with one attached hydrogen (secondary N) is 1. The van der Waals surface area contributed by atoms with E-state index in [0.29, 0.717) is 5.56 Å². The number of benzene rings is 1. The molecule has 0 aliphatic heterocycles. The standard InChI is InChI=1S/C14H18N2O2/c15-10-12-5-4-6-13(9-12)11-16-8-3-1-2-7-14(17)18/h4-6,9,16H,1-3,7-8,11H2,(H,17,18). The Balaban J connectivity index is 2.10. The van der Waals surface area contributed by atoms with Gasteiger partial charge in [-0.05, 0) is 37.1 Å². The summed E-state index contributed by atoms with van der Waals surface area (Å²) in [6, 6.07) is 9.63. The molecule has 1 aromatic rings. The highest BCUT2D eigenvalue weighted by Gasteiger charge is 1.97. The second kappa shape index (κ2) is 8.26. The molecule has 0 fully saturated rings. The van der Waals surface area contributed by atoms with Gasteiger partial charge in [0, 0.05) is 13.0 Å². The predicted octanol–water partition coefficient (Wildman–Crippen LogP) is 2.29. The minimum atomic E-state index is -0.726. The second-order valence-electron chi connectivity index (χ2n) is 4.19. The summed E-state index contributed by atoms with van der Waals surface area (Å²) in [7, 11) is 0. The Labute approximate surface area is 107 Å². The van der Waals surface area contributed by atoms with Crippen molar-refractivity contribution in [1.29, 1.82) is 5.26 Å². The van der Waals surface area contributed by atoms with Gasteiger partial charge < -0.3 is 10.4 Å². The van der Waals surface area contributed by atoms with E-state index in [4.69, 9.17) is 10.4 Å². The molecule has 1 aromatic carbocycles. The molecule has 0 spiro atoms. The van der Waals surface area contributed by atoms with E-state index in [0.717, 1.165) is 37.9 Å². The third kappa shape index (κ3) is 6.02. The highest BCUT2D eigenvalue weighted by atomic mass is 16.4. The monoisotopic (exact) mass is 246 g/mol. The summed E-state index contributed by atoms with van der Waals surface area (Å²) in [5.41, 5.74) is 1.77. The molecule has 0 bridgehead atoms. The van der Waals surface area contributed by atoms with Crippen LogP contribution in [0.4, 0.5) is 0 Å². The van der Waals surface area contributed by atoms with E-state index < -0.39 is 5.97 Å². The van der Waals surface area contributed by atoms with Crippen LogP contribution in [0.2, 0.25) is 0 Å². The summed E-state index contributed by atoms with van der Waals surface area (Å²) in [5, 5.41) is 20.5. The van der Waals surface area contributed by atoms with Gasteiger partial charge in [0.15, 0.2) is 0 Å². The van der Waals surface area contributed by atoms with E-state index in [1.807, 2.05) is 18.2 Å². The first-order valence-electron chi connectivity index (χ1n) is 6.14. The third-order valence-corrected chi connectivity index (χ3v) is 2.63. The fourth-order valence-corrected chi connectivity index (χ4v) is 1.69. The maximum atomic E-state index is 10.3. The van der Waals surface area contributed by atoms with E-state index in [1.54, 1.807) is 6.07 Å². The van der Waals surface area contributed by atoms with Crippen LogP contribution in [0, 0.1) is 11.3 Å². The zero-order valence-electron chi connectivity index (χ0n) is 10.4. The number of hydrogen-bond donors (Lipinski definition) is 2. The zero-order chi connectivity index (χ0) is 13.2. The lowest BCUT2D eigenvalue weighted by Crippen LogP contribution is -2.14. The number of nitrogens with zero attached hydrogens (tertiary/aromatic N) is 1. The lowest BCUT2D eigenvalue weighted by atomic mass is 10.1. The minimum Gasteiger partial charge on any atom is -0.481 e. The number of aliphatic carboxylic acids is 1. The van der Waals surface area contributed by atoms with Gasteiger partial charge in [-0.1, -0.05) is 18.6 Å². The minimum absolute atomic E-state index is 0.254. The third-order valence-electron chi connectivity index (χ3n) is 2.63. The van der Waals surface area contributed by atoms with Crippen molar-refractivity contribution in [2.45, 2.75) is 32.2 Å². The molecule has 0 amide bonds.